The molecule has 5 nitrogen and oxygen atoms in total. The van der Waals surface area contributed by atoms with E-state index >= 15 is 0 Å². The Kier molecular flexibility index (Phi) is 4.70. The highest BCUT2D eigenvalue weighted by atomic mass is 32.2. The molecule has 0 bridgehead atoms. The molecule has 3 aromatic carbocycles. The third-order valence-corrected chi connectivity index (χ3v) is 6.19. The van der Waals surface area contributed by atoms with Crippen molar-refractivity contribution in [2.75, 3.05) is 10.8 Å². The van der Waals surface area contributed by atoms with Gasteiger partial charge < -0.3 is 5.11 Å². The first-order chi connectivity index (χ1) is 12.3. The summed E-state index contributed by atoms with van der Waals surface area (Å²) in [5.41, 5.74) is 2.00. The number of sulfonamides is 1. The Morgan fingerprint density at radius 2 is 1.65 bits per heavy atom. The van der Waals surface area contributed by atoms with Crippen LogP contribution in [0.15, 0.2) is 65.6 Å². The topological polar surface area (TPSA) is 74.7 Å². The zero-order valence-corrected chi connectivity index (χ0v) is 15.3. The van der Waals surface area contributed by atoms with E-state index in [0.29, 0.717) is 5.69 Å². The summed E-state index contributed by atoms with van der Waals surface area (Å²) in [6, 6.07) is 17.5. The summed E-state index contributed by atoms with van der Waals surface area (Å²) in [6.07, 6.45) is 0. The van der Waals surface area contributed by atoms with E-state index in [1.165, 1.54) is 6.07 Å². The van der Waals surface area contributed by atoms with E-state index in [1.54, 1.807) is 31.2 Å². The van der Waals surface area contributed by atoms with Crippen LogP contribution in [0.25, 0.3) is 10.8 Å². The maximum atomic E-state index is 13.2. The first-order valence-electron chi connectivity index (χ1n) is 8.10. The monoisotopic (exact) mass is 369 g/mol. The van der Waals surface area contributed by atoms with Crippen molar-refractivity contribution >= 4 is 32.5 Å². The van der Waals surface area contributed by atoms with E-state index in [4.69, 9.17) is 0 Å². The Morgan fingerprint density at radius 1 is 0.962 bits per heavy atom. The van der Waals surface area contributed by atoms with Crippen LogP contribution in [0.3, 0.4) is 0 Å². The summed E-state index contributed by atoms with van der Waals surface area (Å²) in [5, 5.41) is 11.0. The van der Waals surface area contributed by atoms with Crippen LogP contribution in [-0.2, 0) is 14.8 Å². The van der Waals surface area contributed by atoms with Crippen LogP contribution in [0.1, 0.15) is 11.1 Å². The summed E-state index contributed by atoms with van der Waals surface area (Å²) in [5.74, 6) is -1.21. The third kappa shape index (κ3) is 3.28. The fourth-order valence-electron chi connectivity index (χ4n) is 2.88. The van der Waals surface area contributed by atoms with Gasteiger partial charge in [0.15, 0.2) is 0 Å². The molecule has 3 rings (SSSR count). The number of carboxylic acids is 1. The first kappa shape index (κ1) is 17.9. The second-order valence-electron chi connectivity index (χ2n) is 6.13. The molecule has 0 atom stereocenters. The molecule has 3 aromatic rings. The van der Waals surface area contributed by atoms with Gasteiger partial charge in [0.2, 0.25) is 0 Å². The molecule has 134 valence electrons. The van der Waals surface area contributed by atoms with Crippen molar-refractivity contribution in [3.05, 3.63) is 71.8 Å². The van der Waals surface area contributed by atoms with Crippen LogP contribution < -0.4 is 4.31 Å². The number of anilines is 1. The van der Waals surface area contributed by atoms with Crippen molar-refractivity contribution in [2.45, 2.75) is 18.7 Å². The van der Waals surface area contributed by atoms with Crippen molar-refractivity contribution in [1.29, 1.82) is 0 Å². The lowest BCUT2D eigenvalue weighted by Crippen LogP contribution is -2.36. The van der Waals surface area contributed by atoms with Crippen LogP contribution >= 0.6 is 0 Å². The maximum Gasteiger partial charge on any atom is 0.324 e. The van der Waals surface area contributed by atoms with Gasteiger partial charge in [-0.05, 0) is 53.9 Å². The van der Waals surface area contributed by atoms with Gasteiger partial charge in [-0.3, -0.25) is 9.10 Å². The number of benzene rings is 3. The van der Waals surface area contributed by atoms with Crippen LogP contribution in [0.2, 0.25) is 0 Å². The number of aliphatic carboxylic acids is 1. The van der Waals surface area contributed by atoms with Crippen molar-refractivity contribution < 1.29 is 18.3 Å². The summed E-state index contributed by atoms with van der Waals surface area (Å²) in [7, 11) is -4.03. The average molecular weight is 369 g/mol. The molecule has 1 N–H and O–H groups in total. The molecule has 0 aliphatic rings. The minimum absolute atomic E-state index is 0.0679. The second kappa shape index (κ2) is 6.80. The number of aryl methyl sites for hydroxylation is 1. The first-order valence-corrected chi connectivity index (χ1v) is 9.54. The molecule has 0 aliphatic carbocycles. The molecule has 0 fully saturated rings. The third-order valence-electron chi connectivity index (χ3n) is 4.43. The van der Waals surface area contributed by atoms with E-state index in [1.807, 2.05) is 37.3 Å². The lowest BCUT2D eigenvalue weighted by Gasteiger charge is -2.25. The van der Waals surface area contributed by atoms with Crippen LogP contribution in [-0.4, -0.2) is 26.0 Å². The Bertz CT molecular complexity index is 1090. The Labute approximate surface area is 152 Å². The summed E-state index contributed by atoms with van der Waals surface area (Å²) < 4.78 is 27.4. The van der Waals surface area contributed by atoms with Gasteiger partial charge in [-0.1, -0.05) is 42.5 Å². The molecule has 0 heterocycles. The molecule has 0 unspecified atom stereocenters. The van der Waals surface area contributed by atoms with Gasteiger partial charge >= 0.3 is 5.97 Å². The lowest BCUT2D eigenvalue weighted by atomic mass is 10.1. The SMILES string of the molecule is Cc1cccc(N(CC(=O)O)S(=O)(=O)c2ccc3ccccc3c2)c1C. The highest BCUT2D eigenvalue weighted by molar-refractivity contribution is 7.92. The predicted molar refractivity (Wildman–Crippen MR) is 102 cm³/mol. The molecular formula is C20H19NO4S. The zero-order chi connectivity index (χ0) is 18.9. The van der Waals surface area contributed by atoms with E-state index in [-0.39, 0.29) is 4.90 Å². The normalized spacial score (nSPS) is 11.5. The fourth-order valence-corrected chi connectivity index (χ4v) is 4.39. The molecule has 0 amide bonds. The van der Waals surface area contributed by atoms with Crippen molar-refractivity contribution in [3.8, 4) is 0 Å². The van der Waals surface area contributed by atoms with Gasteiger partial charge in [-0.15, -0.1) is 0 Å². The van der Waals surface area contributed by atoms with Gasteiger partial charge in [-0.2, -0.15) is 0 Å². The predicted octanol–water partition coefficient (Wildman–Crippen LogP) is 3.74. The number of carboxylic acid groups (broad SMARTS) is 1. The highest BCUT2D eigenvalue weighted by Gasteiger charge is 2.28. The minimum atomic E-state index is -4.03. The molecule has 0 saturated heterocycles. The average Bonchev–Trinajstić information content (AvgIpc) is 2.61. The fraction of sp³-hybridized carbons (Fsp3) is 0.150. The second-order valence-corrected chi connectivity index (χ2v) is 8.00. The summed E-state index contributed by atoms with van der Waals surface area (Å²) >= 11 is 0. The number of fused-ring (bicyclic) bond motifs is 1. The van der Waals surface area contributed by atoms with Crippen molar-refractivity contribution in [1.82, 2.24) is 0 Å². The number of hydrogen-bond acceptors (Lipinski definition) is 3. The van der Waals surface area contributed by atoms with Crippen LogP contribution in [0, 0.1) is 13.8 Å². The lowest BCUT2D eigenvalue weighted by molar-refractivity contribution is -0.135. The van der Waals surface area contributed by atoms with Gasteiger partial charge in [0.1, 0.15) is 6.54 Å². The summed E-state index contributed by atoms with van der Waals surface area (Å²) in [4.78, 5) is 11.4. The largest absolute Gasteiger partial charge is 0.480 e. The van der Waals surface area contributed by atoms with Gasteiger partial charge in [-0.25, -0.2) is 8.42 Å². The number of hydrogen-bond donors (Lipinski definition) is 1. The number of carbonyl (C=O) groups is 1. The zero-order valence-electron chi connectivity index (χ0n) is 14.5. The quantitative estimate of drug-likeness (QED) is 0.743. The van der Waals surface area contributed by atoms with E-state index < -0.39 is 22.5 Å². The summed E-state index contributed by atoms with van der Waals surface area (Å²) in [6.45, 7) is 3.01. The molecule has 0 radical (unpaired) electrons. The standard InChI is InChI=1S/C20H19NO4S/c1-14-6-5-9-19(15(14)2)21(13-20(22)23)26(24,25)18-11-10-16-7-3-4-8-17(16)12-18/h3-12H,13H2,1-2H3,(H,22,23). The molecule has 0 spiro atoms. The molecule has 6 heteroatoms. The Morgan fingerprint density at radius 3 is 2.35 bits per heavy atom. The highest BCUT2D eigenvalue weighted by Crippen LogP contribution is 2.29. The van der Waals surface area contributed by atoms with Crippen LogP contribution in [0.4, 0.5) is 5.69 Å². The van der Waals surface area contributed by atoms with E-state index in [9.17, 15) is 18.3 Å². The number of nitrogens with zero attached hydrogens (tertiary/aromatic N) is 1. The van der Waals surface area contributed by atoms with Gasteiger partial charge in [0, 0.05) is 0 Å². The van der Waals surface area contributed by atoms with Crippen molar-refractivity contribution in [3.63, 3.8) is 0 Å². The van der Waals surface area contributed by atoms with Crippen LogP contribution in [0.5, 0.6) is 0 Å². The minimum Gasteiger partial charge on any atom is -0.480 e. The molecule has 26 heavy (non-hydrogen) atoms. The Hall–Kier alpha value is -2.86. The molecule has 0 aromatic heterocycles. The van der Waals surface area contributed by atoms with Gasteiger partial charge in [0.05, 0.1) is 10.6 Å². The molecule has 0 saturated carbocycles. The smallest absolute Gasteiger partial charge is 0.324 e. The van der Waals surface area contributed by atoms with Crippen molar-refractivity contribution in [2.24, 2.45) is 0 Å². The van der Waals surface area contributed by atoms with E-state index in [0.717, 1.165) is 26.2 Å². The maximum absolute atomic E-state index is 13.2. The molecular weight excluding hydrogens is 350 g/mol. The number of rotatable bonds is 5. The van der Waals surface area contributed by atoms with E-state index in [2.05, 4.69) is 0 Å². The molecule has 0 aliphatic heterocycles. The van der Waals surface area contributed by atoms with Gasteiger partial charge in [0.25, 0.3) is 10.0 Å². The Balaban J connectivity index is 2.17.